The highest BCUT2D eigenvalue weighted by Gasteiger charge is 2.24. The third-order valence-corrected chi connectivity index (χ3v) is 2.64. The average Bonchev–Trinajstić information content (AvgIpc) is 2.25. The first-order chi connectivity index (χ1) is 9.06. The molecule has 116 valence electrons. The molecule has 0 aliphatic heterocycles. The lowest BCUT2D eigenvalue weighted by atomic mass is 10.1. The van der Waals surface area contributed by atoms with Gasteiger partial charge in [0.2, 0.25) is 11.8 Å². The molecule has 6 nitrogen and oxygen atoms in total. The number of likely N-dealkylation sites (N-methyl/N-ethyl adjacent to an activating group) is 1. The van der Waals surface area contributed by atoms with Crippen molar-refractivity contribution in [2.75, 3.05) is 6.54 Å². The molecule has 0 saturated heterocycles. The van der Waals surface area contributed by atoms with Crippen LogP contribution in [0.25, 0.3) is 0 Å². The van der Waals surface area contributed by atoms with Crippen LogP contribution in [0, 0.1) is 0 Å². The Hall–Kier alpha value is -1.43. The largest absolute Gasteiger partial charge is 0.351 e. The fourth-order valence-corrected chi connectivity index (χ4v) is 1.57. The summed E-state index contributed by atoms with van der Waals surface area (Å²) in [4.78, 5) is 35.1. The van der Waals surface area contributed by atoms with Gasteiger partial charge < -0.3 is 16.0 Å². The summed E-state index contributed by atoms with van der Waals surface area (Å²) in [6.07, 6.45) is 0.0432. The fraction of sp³-hybridized carbons (Fsp3) is 0.786. The van der Waals surface area contributed by atoms with Crippen LogP contribution in [-0.4, -0.2) is 41.8 Å². The van der Waals surface area contributed by atoms with E-state index < -0.39 is 12.1 Å². The van der Waals surface area contributed by atoms with Crippen LogP contribution >= 0.6 is 0 Å². The van der Waals surface area contributed by atoms with E-state index in [0.717, 1.165) is 0 Å². The summed E-state index contributed by atoms with van der Waals surface area (Å²) in [6.45, 7) is 11.1. The Bertz CT molecular complexity index is 361. The highest BCUT2D eigenvalue weighted by molar-refractivity contribution is 5.92. The first-order valence-electron chi connectivity index (χ1n) is 6.92. The van der Waals surface area contributed by atoms with Crippen LogP contribution in [0.4, 0.5) is 0 Å². The van der Waals surface area contributed by atoms with Gasteiger partial charge in [-0.1, -0.05) is 6.92 Å². The smallest absolute Gasteiger partial charge is 0.238 e. The van der Waals surface area contributed by atoms with Crippen LogP contribution in [0.5, 0.6) is 0 Å². The topological polar surface area (TPSA) is 87.3 Å². The molecule has 2 amide bonds. The molecule has 0 saturated carbocycles. The lowest BCUT2D eigenvalue weighted by Crippen LogP contribution is -2.51. The van der Waals surface area contributed by atoms with E-state index in [1.54, 1.807) is 6.92 Å². The number of nitrogens with one attached hydrogen (secondary N) is 3. The van der Waals surface area contributed by atoms with Gasteiger partial charge in [0.1, 0.15) is 0 Å². The average molecular weight is 285 g/mol. The Balaban J connectivity index is 4.59. The summed E-state index contributed by atoms with van der Waals surface area (Å²) < 4.78 is 0. The molecule has 0 fully saturated rings. The van der Waals surface area contributed by atoms with Gasteiger partial charge in [-0.15, -0.1) is 0 Å². The minimum Gasteiger partial charge on any atom is -0.351 e. The summed E-state index contributed by atoms with van der Waals surface area (Å²) in [5.41, 5.74) is -0.336. The van der Waals surface area contributed by atoms with Crippen LogP contribution < -0.4 is 16.0 Å². The molecule has 0 heterocycles. The summed E-state index contributed by atoms with van der Waals surface area (Å²) in [5, 5.41) is 8.37. The van der Waals surface area contributed by atoms with Gasteiger partial charge in [-0.3, -0.25) is 14.4 Å². The van der Waals surface area contributed by atoms with Crippen molar-refractivity contribution in [2.24, 2.45) is 0 Å². The minimum atomic E-state index is -0.635. The standard InChI is InChI=1S/C14H27N3O3/c1-7-15-11(8-12(19)17-14(4,5)6)13(20)16-9(2)10(3)18/h9,11,15H,7-8H2,1-6H3,(H,16,20)(H,17,19)/t9?,11-/m0/s1. The maximum absolute atomic E-state index is 12.0. The number of amides is 2. The number of rotatable bonds is 7. The molecular weight excluding hydrogens is 258 g/mol. The number of hydrogen-bond acceptors (Lipinski definition) is 4. The molecule has 20 heavy (non-hydrogen) atoms. The van der Waals surface area contributed by atoms with Crippen molar-refractivity contribution in [2.45, 2.75) is 65.6 Å². The van der Waals surface area contributed by atoms with Crippen molar-refractivity contribution in [3.8, 4) is 0 Å². The molecule has 1 unspecified atom stereocenters. The molecule has 0 bridgehead atoms. The quantitative estimate of drug-likeness (QED) is 0.630. The van der Waals surface area contributed by atoms with E-state index in [4.69, 9.17) is 0 Å². The van der Waals surface area contributed by atoms with E-state index in [9.17, 15) is 14.4 Å². The van der Waals surface area contributed by atoms with Crippen LogP contribution in [0.3, 0.4) is 0 Å². The Labute approximate surface area is 121 Å². The van der Waals surface area contributed by atoms with Gasteiger partial charge in [0.25, 0.3) is 0 Å². The molecule has 2 atom stereocenters. The highest BCUT2D eigenvalue weighted by Crippen LogP contribution is 2.02. The van der Waals surface area contributed by atoms with Crippen LogP contribution in [0.2, 0.25) is 0 Å². The van der Waals surface area contributed by atoms with Gasteiger partial charge in [0.15, 0.2) is 5.78 Å². The Morgan fingerprint density at radius 3 is 2.10 bits per heavy atom. The van der Waals surface area contributed by atoms with Crippen LogP contribution in [-0.2, 0) is 14.4 Å². The molecule has 0 spiro atoms. The summed E-state index contributed by atoms with van der Waals surface area (Å²) in [6, 6.07) is -1.18. The molecule has 0 aromatic heterocycles. The third kappa shape index (κ3) is 7.89. The molecule has 0 aromatic rings. The van der Waals surface area contributed by atoms with Crippen molar-refractivity contribution in [3.05, 3.63) is 0 Å². The van der Waals surface area contributed by atoms with E-state index >= 15 is 0 Å². The predicted molar refractivity (Wildman–Crippen MR) is 78.3 cm³/mol. The van der Waals surface area contributed by atoms with Crippen molar-refractivity contribution < 1.29 is 14.4 Å². The molecular formula is C14H27N3O3. The SMILES string of the molecule is CCN[C@@H](CC(=O)NC(C)(C)C)C(=O)NC(C)C(C)=O. The van der Waals surface area contributed by atoms with Gasteiger partial charge >= 0.3 is 0 Å². The zero-order valence-corrected chi connectivity index (χ0v) is 13.3. The first kappa shape index (κ1) is 18.6. The van der Waals surface area contributed by atoms with E-state index in [2.05, 4.69) is 16.0 Å². The van der Waals surface area contributed by atoms with E-state index in [0.29, 0.717) is 6.54 Å². The van der Waals surface area contributed by atoms with E-state index in [-0.39, 0.29) is 29.6 Å². The summed E-state index contributed by atoms with van der Waals surface area (Å²) >= 11 is 0. The van der Waals surface area contributed by atoms with Gasteiger partial charge in [0, 0.05) is 5.54 Å². The van der Waals surface area contributed by atoms with Crippen molar-refractivity contribution in [1.29, 1.82) is 0 Å². The summed E-state index contributed by atoms with van der Waals surface area (Å²) in [5.74, 6) is -0.652. The molecule has 0 aromatic carbocycles. The second-order valence-electron chi connectivity index (χ2n) is 5.95. The molecule has 3 N–H and O–H groups in total. The molecule has 0 radical (unpaired) electrons. The van der Waals surface area contributed by atoms with Gasteiger partial charge in [-0.2, -0.15) is 0 Å². The molecule has 0 aliphatic carbocycles. The second kappa shape index (κ2) is 7.99. The maximum Gasteiger partial charge on any atom is 0.238 e. The second-order valence-corrected chi connectivity index (χ2v) is 5.95. The molecule has 0 rings (SSSR count). The lowest BCUT2D eigenvalue weighted by molar-refractivity contribution is -0.130. The third-order valence-electron chi connectivity index (χ3n) is 2.64. The fourth-order valence-electron chi connectivity index (χ4n) is 1.57. The van der Waals surface area contributed by atoms with Gasteiger partial charge in [-0.25, -0.2) is 0 Å². The number of carbonyl (C=O) groups excluding carboxylic acids is 3. The van der Waals surface area contributed by atoms with Gasteiger partial charge in [0.05, 0.1) is 18.5 Å². The number of carbonyl (C=O) groups is 3. The number of hydrogen-bond donors (Lipinski definition) is 3. The predicted octanol–water partition coefficient (Wildman–Crippen LogP) is 0.363. The molecule has 6 heteroatoms. The number of Topliss-reactive ketones (excluding diaryl/α,β-unsaturated/α-hetero) is 1. The highest BCUT2D eigenvalue weighted by atomic mass is 16.2. The van der Waals surface area contributed by atoms with Crippen molar-refractivity contribution >= 4 is 17.6 Å². The summed E-state index contributed by atoms with van der Waals surface area (Å²) in [7, 11) is 0. The van der Waals surface area contributed by atoms with Crippen molar-refractivity contribution in [1.82, 2.24) is 16.0 Å². The monoisotopic (exact) mass is 285 g/mol. The first-order valence-corrected chi connectivity index (χ1v) is 6.92. The maximum atomic E-state index is 12.0. The number of ketones is 1. The Morgan fingerprint density at radius 2 is 1.70 bits per heavy atom. The zero-order valence-electron chi connectivity index (χ0n) is 13.3. The minimum absolute atomic E-state index is 0.0432. The normalized spacial score (nSPS) is 14.3. The van der Waals surface area contributed by atoms with Crippen LogP contribution in [0.15, 0.2) is 0 Å². The lowest BCUT2D eigenvalue weighted by Gasteiger charge is -2.23. The Kier molecular flexibility index (Phi) is 7.42. The van der Waals surface area contributed by atoms with Gasteiger partial charge in [-0.05, 0) is 41.2 Å². The Morgan fingerprint density at radius 1 is 1.15 bits per heavy atom. The zero-order chi connectivity index (χ0) is 15.9. The molecule has 0 aliphatic rings. The van der Waals surface area contributed by atoms with Crippen LogP contribution in [0.1, 0.15) is 48.0 Å². The van der Waals surface area contributed by atoms with E-state index in [1.807, 2.05) is 27.7 Å². The van der Waals surface area contributed by atoms with Crippen molar-refractivity contribution in [3.63, 3.8) is 0 Å². The van der Waals surface area contributed by atoms with E-state index in [1.165, 1.54) is 6.92 Å².